The van der Waals surface area contributed by atoms with Crippen molar-refractivity contribution in [2.75, 3.05) is 13.3 Å². The SMILES string of the molecule is Cc1cc(C(C)(C)C)cc(Pc2c(C)cccc2CP(C)C)c1O. The van der Waals surface area contributed by atoms with E-state index >= 15 is 0 Å². The van der Waals surface area contributed by atoms with Gasteiger partial charge in [0, 0.05) is 5.30 Å². The van der Waals surface area contributed by atoms with Crippen LogP contribution in [0.3, 0.4) is 0 Å². The topological polar surface area (TPSA) is 20.2 Å². The Kier molecular flexibility index (Phi) is 6.11. The minimum atomic E-state index is 0.0234. The molecule has 0 saturated carbocycles. The van der Waals surface area contributed by atoms with Crippen molar-refractivity contribution in [2.24, 2.45) is 0 Å². The van der Waals surface area contributed by atoms with Crippen molar-refractivity contribution in [3.63, 3.8) is 0 Å². The first kappa shape index (κ1) is 19.4. The lowest BCUT2D eigenvalue weighted by Gasteiger charge is -2.22. The first-order valence-electron chi connectivity index (χ1n) is 8.44. The summed E-state index contributed by atoms with van der Waals surface area (Å²) in [5.41, 5.74) is 5.15. The number of phenolic OH excluding ortho intramolecular Hbond substituents is 1. The molecule has 2 aromatic carbocycles. The number of phenols is 1. The zero-order valence-electron chi connectivity index (χ0n) is 16.0. The van der Waals surface area contributed by atoms with E-state index in [1.807, 2.05) is 6.92 Å². The molecule has 0 bridgehead atoms. The number of benzene rings is 2. The van der Waals surface area contributed by atoms with Crippen LogP contribution in [0.15, 0.2) is 30.3 Å². The monoisotopic (exact) mass is 360 g/mol. The summed E-state index contributed by atoms with van der Waals surface area (Å²) < 4.78 is 0. The van der Waals surface area contributed by atoms with E-state index in [0.717, 1.165) is 17.0 Å². The Hall–Kier alpha value is -0.900. The fourth-order valence-corrected chi connectivity index (χ4v) is 5.34. The molecule has 0 aromatic heterocycles. The Morgan fingerprint density at radius 3 is 2.29 bits per heavy atom. The van der Waals surface area contributed by atoms with Crippen LogP contribution in [0.25, 0.3) is 0 Å². The van der Waals surface area contributed by atoms with Gasteiger partial charge in [-0.1, -0.05) is 53.6 Å². The Morgan fingerprint density at radius 1 is 1.04 bits per heavy atom. The smallest absolute Gasteiger partial charge is 0.126 e. The second-order valence-corrected chi connectivity index (χ2v) is 11.7. The molecule has 0 saturated heterocycles. The summed E-state index contributed by atoms with van der Waals surface area (Å²) in [6, 6.07) is 10.9. The average molecular weight is 360 g/mol. The molecule has 1 N–H and O–H groups in total. The van der Waals surface area contributed by atoms with Crippen molar-refractivity contribution in [2.45, 2.75) is 46.2 Å². The van der Waals surface area contributed by atoms with Gasteiger partial charge in [0.2, 0.25) is 0 Å². The van der Waals surface area contributed by atoms with Crippen LogP contribution >= 0.6 is 16.5 Å². The molecule has 0 aliphatic heterocycles. The van der Waals surface area contributed by atoms with Gasteiger partial charge in [-0.3, -0.25) is 0 Å². The molecule has 24 heavy (non-hydrogen) atoms. The molecule has 1 nitrogen and oxygen atoms in total. The number of hydrogen-bond acceptors (Lipinski definition) is 1. The Bertz CT molecular complexity index is 727. The Balaban J connectivity index is 2.50. The van der Waals surface area contributed by atoms with Crippen LogP contribution < -0.4 is 10.6 Å². The second kappa shape index (κ2) is 7.55. The minimum Gasteiger partial charge on any atom is -0.507 e. The largest absolute Gasteiger partial charge is 0.507 e. The number of rotatable bonds is 4. The van der Waals surface area contributed by atoms with E-state index in [1.54, 1.807) is 0 Å². The quantitative estimate of drug-likeness (QED) is 0.745. The summed E-state index contributed by atoms with van der Waals surface area (Å²) in [5, 5.41) is 13.1. The molecular weight excluding hydrogens is 330 g/mol. The predicted molar refractivity (Wildman–Crippen MR) is 113 cm³/mol. The molecule has 1 unspecified atom stereocenters. The predicted octanol–water partition coefficient (Wildman–Crippen LogP) is 5.18. The van der Waals surface area contributed by atoms with Crippen LogP contribution in [0.1, 0.15) is 43.0 Å². The second-order valence-electron chi connectivity index (χ2n) is 7.91. The standard InChI is InChI=1S/C21H30OP2/c1-14-9-8-10-16(13-24(6)7)20(14)23-18-12-17(21(3,4)5)11-15(2)19(18)22/h8-12,22-23H,13H2,1-7H3. The van der Waals surface area contributed by atoms with Crippen LogP contribution in [-0.4, -0.2) is 18.4 Å². The third-order valence-corrected chi connectivity index (χ3v) is 6.86. The van der Waals surface area contributed by atoms with E-state index in [1.165, 1.54) is 22.0 Å². The van der Waals surface area contributed by atoms with Crippen LogP contribution in [0.5, 0.6) is 5.75 Å². The first-order valence-corrected chi connectivity index (χ1v) is 11.9. The Labute approximate surface area is 150 Å². The molecule has 0 amide bonds. The van der Waals surface area contributed by atoms with Crippen molar-refractivity contribution >= 4 is 27.1 Å². The van der Waals surface area contributed by atoms with E-state index in [0.29, 0.717) is 14.3 Å². The van der Waals surface area contributed by atoms with Crippen LogP contribution in [0, 0.1) is 13.8 Å². The molecular formula is C21H30OP2. The van der Waals surface area contributed by atoms with Crippen LogP contribution in [0.4, 0.5) is 0 Å². The van der Waals surface area contributed by atoms with Crippen molar-refractivity contribution in [1.29, 1.82) is 0 Å². The Morgan fingerprint density at radius 2 is 1.71 bits per heavy atom. The van der Waals surface area contributed by atoms with E-state index in [9.17, 15) is 5.11 Å². The summed E-state index contributed by atoms with van der Waals surface area (Å²) in [6.45, 7) is 15.5. The maximum absolute atomic E-state index is 10.6. The third kappa shape index (κ3) is 4.59. The molecule has 0 aliphatic rings. The molecule has 0 radical (unpaired) electrons. The highest BCUT2D eigenvalue weighted by Gasteiger charge is 2.18. The maximum Gasteiger partial charge on any atom is 0.126 e. The summed E-state index contributed by atoms with van der Waals surface area (Å²) in [5.74, 6) is 0.464. The number of aromatic hydroxyl groups is 1. The van der Waals surface area contributed by atoms with Gasteiger partial charge in [0.1, 0.15) is 5.75 Å². The highest BCUT2D eigenvalue weighted by atomic mass is 31.1. The highest BCUT2D eigenvalue weighted by Crippen LogP contribution is 2.34. The van der Waals surface area contributed by atoms with Crippen molar-refractivity contribution in [3.8, 4) is 5.75 Å². The summed E-state index contributed by atoms with van der Waals surface area (Å²) in [4.78, 5) is 0. The molecule has 0 spiro atoms. The molecule has 0 fully saturated rings. The number of hydrogen-bond donors (Lipinski definition) is 1. The van der Waals surface area contributed by atoms with Gasteiger partial charge in [0.15, 0.2) is 0 Å². The van der Waals surface area contributed by atoms with Crippen molar-refractivity contribution in [3.05, 3.63) is 52.6 Å². The van der Waals surface area contributed by atoms with Crippen molar-refractivity contribution < 1.29 is 5.11 Å². The van der Waals surface area contributed by atoms with Crippen molar-refractivity contribution in [1.82, 2.24) is 0 Å². The summed E-state index contributed by atoms with van der Waals surface area (Å²) >= 11 is 0. The highest BCUT2D eigenvalue weighted by molar-refractivity contribution is 7.57. The van der Waals surface area contributed by atoms with E-state index in [-0.39, 0.29) is 13.3 Å². The molecule has 3 heteroatoms. The van der Waals surface area contributed by atoms with Gasteiger partial charge in [-0.25, -0.2) is 0 Å². The van der Waals surface area contributed by atoms with Gasteiger partial charge in [-0.15, -0.1) is 7.92 Å². The van der Waals surface area contributed by atoms with Crippen LogP contribution in [0.2, 0.25) is 0 Å². The molecule has 1 atom stereocenters. The zero-order chi connectivity index (χ0) is 18.1. The third-order valence-electron chi connectivity index (χ3n) is 4.27. The molecule has 2 aromatic rings. The minimum absolute atomic E-state index is 0.0234. The lowest BCUT2D eigenvalue weighted by atomic mass is 9.86. The molecule has 0 aliphatic carbocycles. The summed E-state index contributed by atoms with van der Waals surface area (Å²) in [7, 11) is 0.528. The normalized spacial score (nSPS) is 12.5. The fourth-order valence-electron chi connectivity index (χ4n) is 2.82. The zero-order valence-corrected chi connectivity index (χ0v) is 17.9. The number of aryl methyl sites for hydroxylation is 2. The lowest BCUT2D eigenvalue weighted by molar-refractivity contribution is 0.474. The van der Waals surface area contributed by atoms with Crippen LogP contribution in [-0.2, 0) is 11.6 Å². The van der Waals surface area contributed by atoms with Gasteiger partial charge < -0.3 is 5.11 Å². The average Bonchev–Trinajstić information content (AvgIpc) is 2.45. The van der Waals surface area contributed by atoms with Gasteiger partial charge in [0.05, 0.1) is 0 Å². The van der Waals surface area contributed by atoms with Gasteiger partial charge in [-0.05, 0) is 72.4 Å². The fraction of sp³-hybridized carbons (Fsp3) is 0.429. The van der Waals surface area contributed by atoms with E-state index in [4.69, 9.17) is 0 Å². The van der Waals surface area contributed by atoms with E-state index in [2.05, 4.69) is 71.4 Å². The lowest BCUT2D eigenvalue weighted by Crippen LogP contribution is -2.17. The molecule has 130 valence electrons. The molecule has 2 rings (SSSR count). The van der Waals surface area contributed by atoms with Gasteiger partial charge >= 0.3 is 0 Å². The van der Waals surface area contributed by atoms with Gasteiger partial charge in [-0.2, -0.15) is 0 Å². The molecule has 0 heterocycles. The first-order chi connectivity index (χ1) is 11.1. The summed E-state index contributed by atoms with van der Waals surface area (Å²) in [6.07, 6.45) is 1.15. The van der Waals surface area contributed by atoms with Gasteiger partial charge in [0.25, 0.3) is 0 Å². The van der Waals surface area contributed by atoms with E-state index < -0.39 is 0 Å². The maximum atomic E-state index is 10.6.